The summed E-state index contributed by atoms with van der Waals surface area (Å²) in [5, 5.41) is 11.6. The molecule has 138 valence electrons. The molecule has 0 aliphatic rings. The van der Waals surface area contributed by atoms with Gasteiger partial charge in [0.25, 0.3) is 11.2 Å². The Morgan fingerprint density at radius 2 is 2.00 bits per heavy atom. The first-order chi connectivity index (χ1) is 13.0. The number of hydrogen-bond acceptors (Lipinski definition) is 7. The summed E-state index contributed by atoms with van der Waals surface area (Å²) in [6.07, 6.45) is 0.171. The minimum atomic E-state index is -0.551. The number of hydrogen-bond donors (Lipinski definition) is 0. The Morgan fingerprint density at radius 3 is 2.67 bits per heavy atom. The van der Waals surface area contributed by atoms with Gasteiger partial charge in [-0.2, -0.15) is 0 Å². The molecular weight excluding hydrogens is 370 g/mol. The number of para-hydroxylation sites is 1. The summed E-state index contributed by atoms with van der Waals surface area (Å²) in [5.41, 5.74) is 0.366. The van der Waals surface area contributed by atoms with E-state index in [1.807, 2.05) is 6.07 Å². The quantitative estimate of drug-likeness (QED) is 0.211. The maximum atomic E-state index is 13.1. The second-order valence-electron chi connectivity index (χ2n) is 5.50. The van der Waals surface area contributed by atoms with Crippen molar-refractivity contribution in [2.24, 2.45) is 0 Å². The van der Waals surface area contributed by atoms with E-state index in [1.165, 1.54) is 41.6 Å². The van der Waals surface area contributed by atoms with Crippen molar-refractivity contribution < 1.29 is 14.5 Å². The van der Waals surface area contributed by atoms with Crippen molar-refractivity contribution in [3.8, 4) is 5.69 Å². The zero-order valence-corrected chi connectivity index (χ0v) is 15.1. The van der Waals surface area contributed by atoms with Crippen molar-refractivity contribution in [2.75, 3.05) is 12.9 Å². The maximum Gasteiger partial charge on any atom is 0.306 e. The first-order valence-electron chi connectivity index (χ1n) is 7.97. The van der Waals surface area contributed by atoms with Crippen LogP contribution in [0.1, 0.15) is 6.42 Å². The van der Waals surface area contributed by atoms with Gasteiger partial charge in [0.05, 0.1) is 35.0 Å². The van der Waals surface area contributed by atoms with Crippen LogP contribution in [0.4, 0.5) is 5.69 Å². The fourth-order valence-electron chi connectivity index (χ4n) is 2.50. The number of aromatic nitrogens is 2. The molecule has 27 heavy (non-hydrogen) atoms. The van der Waals surface area contributed by atoms with Gasteiger partial charge in [0.2, 0.25) is 0 Å². The van der Waals surface area contributed by atoms with Gasteiger partial charge < -0.3 is 4.74 Å². The average Bonchev–Trinajstić information content (AvgIpc) is 2.68. The summed E-state index contributed by atoms with van der Waals surface area (Å²) in [5.74, 6) is 0.0253. The molecule has 0 fully saturated rings. The molecule has 3 aromatic rings. The number of methoxy groups -OCH3 is 1. The van der Waals surface area contributed by atoms with Gasteiger partial charge in [0.1, 0.15) is 0 Å². The molecular formula is C18H15N3O5S. The van der Waals surface area contributed by atoms with E-state index in [4.69, 9.17) is 0 Å². The summed E-state index contributed by atoms with van der Waals surface area (Å²) >= 11 is 1.24. The minimum absolute atomic E-state index is 0.158. The molecule has 3 rings (SSSR count). The average molecular weight is 385 g/mol. The van der Waals surface area contributed by atoms with E-state index in [1.54, 1.807) is 24.3 Å². The zero-order valence-electron chi connectivity index (χ0n) is 14.3. The second kappa shape index (κ2) is 8.00. The van der Waals surface area contributed by atoms with Gasteiger partial charge in [0.15, 0.2) is 5.16 Å². The van der Waals surface area contributed by atoms with Crippen LogP contribution in [0.5, 0.6) is 0 Å². The topological polar surface area (TPSA) is 104 Å². The van der Waals surface area contributed by atoms with Crippen LogP contribution in [0.15, 0.2) is 58.5 Å². The lowest BCUT2D eigenvalue weighted by Gasteiger charge is -2.13. The highest BCUT2D eigenvalue weighted by Gasteiger charge is 2.16. The molecule has 0 saturated heterocycles. The molecule has 9 heteroatoms. The third-order valence-corrected chi connectivity index (χ3v) is 4.75. The van der Waals surface area contributed by atoms with Gasteiger partial charge in [-0.1, -0.05) is 30.0 Å². The van der Waals surface area contributed by atoms with Crippen molar-refractivity contribution >= 4 is 34.3 Å². The molecule has 0 amide bonds. The highest BCUT2D eigenvalue weighted by Crippen LogP contribution is 2.24. The first-order valence-corrected chi connectivity index (χ1v) is 8.96. The van der Waals surface area contributed by atoms with Gasteiger partial charge in [-0.15, -0.1) is 0 Å². The Labute approximate surface area is 157 Å². The van der Waals surface area contributed by atoms with Gasteiger partial charge in [0, 0.05) is 17.9 Å². The third kappa shape index (κ3) is 3.98. The van der Waals surface area contributed by atoms with E-state index in [2.05, 4.69) is 9.72 Å². The van der Waals surface area contributed by atoms with Crippen molar-refractivity contribution in [3.63, 3.8) is 0 Å². The molecule has 0 aliphatic carbocycles. The number of esters is 1. The van der Waals surface area contributed by atoms with Crippen molar-refractivity contribution in [1.29, 1.82) is 0 Å². The van der Waals surface area contributed by atoms with Crippen LogP contribution in [0.25, 0.3) is 16.6 Å². The van der Waals surface area contributed by atoms with Gasteiger partial charge in [-0.25, -0.2) is 4.98 Å². The van der Waals surface area contributed by atoms with E-state index < -0.39 is 10.5 Å². The molecule has 0 bridgehead atoms. The van der Waals surface area contributed by atoms with E-state index in [0.29, 0.717) is 22.1 Å². The number of carbonyl (C=O) groups is 1. The Kier molecular flexibility index (Phi) is 5.51. The van der Waals surface area contributed by atoms with E-state index in [0.717, 1.165) is 0 Å². The lowest BCUT2D eigenvalue weighted by Crippen LogP contribution is -2.22. The molecule has 0 radical (unpaired) electrons. The molecule has 0 N–H and O–H groups in total. The third-order valence-electron chi connectivity index (χ3n) is 3.81. The van der Waals surface area contributed by atoms with Crippen LogP contribution in [-0.2, 0) is 9.53 Å². The normalized spacial score (nSPS) is 10.7. The predicted molar refractivity (Wildman–Crippen MR) is 101 cm³/mol. The number of nitro benzene ring substituents is 1. The van der Waals surface area contributed by atoms with Crippen LogP contribution >= 0.6 is 11.8 Å². The number of nitrogens with zero attached hydrogens (tertiary/aromatic N) is 3. The molecule has 0 saturated carbocycles. The number of rotatable bonds is 6. The second-order valence-corrected chi connectivity index (χ2v) is 6.57. The SMILES string of the molecule is COC(=O)CCSc1nc2ccc([N+](=O)[O-])cc2c(=O)n1-c1ccccc1. The predicted octanol–water partition coefficient (Wildman–Crippen LogP) is 2.95. The lowest BCUT2D eigenvalue weighted by molar-refractivity contribution is -0.384. The Bertz CT molecular complexity index is 1070. The molecule has 1 aromatic heterocycles. The van der Waals surface area contributed by atoms with E-state index in [9.17, 15) is 19.7 Å². The highest BCUT2D eigenvalue weighted by molar-refractivity contribution is 7.99. The number of ether oxygens (including phenoxy) is 1. The largest absolute Gasteiger partial charge is 0.469 e. The summed E-state index contributed by atoms with van der Waals surface area (Å²) in [7, 11) is 1.31. The molecule has 8 nitrogen and oxygen atoms in total. The van der Waals surface area contributed by atoms with Crippen LogP contribution in [0, 0.1) is 10.1 Å². The standard InChI is InChI=1S/C18H15N3O5S/c1-26-16(22)9-10-27-18-19-15-8-7-13(21(24)25)11-14(15)17(23)20(18)12-5-3-2-4-6-12/h2-8,11H,9-10H2,1H3. The maximum absolute atomic E-state index is 13.1. The Balaban J connectivity index is 2.14. The van der Waals surface area contributed by atoms with E-state index >= 15 is 0 Å². The van der Waals surface area contributed by atoms with Crippen LogP contribution in [0.2, 0.25) is 0 Å². The van der Waals surface area contributed by atoms with Crippen LogP contribution < -0.4 is 5.56 Å². The first kappa shape index (κ1) is 18.6. The van der Waals surface area contributed by atoms with Crippen molar-refractivity contribution in [2.45, 2.75) is 11.6 Å². The zero-order chi connectivity index (χ0) is 19.4. The molecule has 0 atom stereocenters. The molecule has 1 heterocycles. The van der Waals surface area contributed by atoms with Crippen molar-refractivity contribution in [3.05, 3.63) is 69.0 Å². The fourth-order valence-corrected chi connectivity index (χ4v) is 3.43. The number of nitro groups is 1. The Hall–Kier alpha value is -3.20. The molecule has 0 unspecified atom stereocenters. The number of non-ortho nitro benzene ring substituents is 1. The number of benzene rings is 2. The number of thioether (sulfide) groups is 1. The monoisotopic (exact) mass is 385 g/mol. The van der Waals surface area contributed by atoms with Crippen molar-refractivity contribution in [1.82, 2.24) is 9.55 Å². The fraction of sp³-hybridized carbons (Fsp3) is 0.167. The summed E-state index contributed by atoms with van der Waals surface area (Å²) in [6, 6.07) is 12.9. The Morgan fingerprint density at radius 1 is 1.26 bits per heavy atom. The number of fused-ring (bicyclic) bond motifs is 1. The number of carbonyl (C=O) groups excluding carboxylic acids is 1. The summed E-state index contributed by atoms with van der Waals surface area (Å²) < 4.78 is 6.02. The highest BCUT2D eigenvalue weighted by atomic mass is 32.2. The smallest absolute Gasteiger partial charge is 0.306 e. The van der Waals surface area contributed by atoms with Crippen LogP contribution in [0.3, 0.4) is 0 Å². The van der Waals surface area contributed by atoms with Crippen LogP contribution in [-0.4, -0.2) is 33.3 Å². The van der Waals surface area contributed by atoms with Gasteiger partial charge in [-0.3, -0.25) is 24.3 Å². The summed E-state index contributed by atoms with van der Waals surface area (Å²) in [4.78, 5) is 39.4. The lowest BCUT2D eigenvalue weighted by atomic mass is 10.2. The van der Waals surface area contributed by atoms with Gasteiger partial charge >= 0.3 is 5.97 Å². The molecule has 0 spiro atoms. The van der Waals surface area contributed by atoms with E-state index in [-0.39, 0.29) is 23.5 Å². The summed E-state index contributed by atoms with van der Waals surface area (Å²) in [6.45, 7) is 0. The molecule has 2 aromatic carbocycles. The van der Waals surface area contributed by atoms with Gasteiger partial charge in [-0.05, 0) is 18.2 Å². The minimum Gasteiger partial charge on any atom is -0.469 e. The molecule has 0 aliphatic heterocycles.